The van der Waals surface area contributed by atoms with Crippen LogP contribution in [0.5, 0.6) is 0 Å². The third kappa shape index (κ3) is 4.15. The Hall–Kier alpha value is -2.79. The number of pyridine rings is 3. The Bertz CT molecular complexity index is 1200. The Labute approximate surface area is 182 Å². The third-order valence-electron chi connectivity index (χ3n) is 4.43. The van der Waals surface area contributed by atoms with E-state index in [4.69, 9.17) is 1.37 Å². The van der Waals surface area contributed by atoms with Crippen LogP contribution in [-0.4, -0.2) is 19.9 Å². The molecule has 0 aliphatic rings. The minimum atomic E-state index is -0.966. The zero-order chi connectivity index (χ0) is 20.6. The van der Waals surface area contributed by atoms with Gasteiger partial charge in [-0.2, -0.15) is 0 Å². The van der Waals surface area contributed by atoms with E-state index >= 15 is 0 Å². The first-order valence-corrected chi connectivity index (χ1v) is 8.50. The Morgan fingerprint density at radius 3 is 2.28 bits per heavy atom. The second-order valence-corrected chi connectivity index (χ2v) is 6.65. The number of rotatable bonds is 4. The van der Waals surface area contributed by atoms with E-state index in [0.29, 0.717) is 28.6 Å². The zero-order valence-electron chi connectivity index (χ0n) is 16.4. The average Bonchev–Trinajstić information content (AvgIpc) is 3.14. The Morgan fingerprint density at radius 1 is 1.00 bits per heavy atom. The fourth-order valence-corrected chi connectivity index (χ4v) is 2.85. The summed E-state index contributed by atoms with van der Waals surface area (Å²) in [5.41, 5.74) is 1.56. The molecule has 4 rings (SSSR count). The third-order valence-corrected chi connectivity index (χ3v) is 4.43. The van der Waals surface area contributed by atoms with Gasteiger partial charge in [-0.15, -0.1) is 6.07 Å². The van der Waals surface area contributed by atoms with Crippen LogP contribution in [0, 0.1) is 18.0 Å². The van der Waals surface area contributed by atoms with Gasteiger partial charge < -0.3 is 15.0 Å². The molecule has 0 unspecified atom stereocenters. The van der Waals surface area contributed by atoms with Crippen LogP contribution in [0.2, 0.25) is 0 Å². The van der Waals surface area contributed by atoms with Gasteiger partial charge in [0.2, 0.25) is 0 Å². The predicted molar refractivity (Wildman–Crippen MR) is 99.1 cm³/mol. The molecule has 0 spiro atoms. The van der Waals surface area contributed by atoms with Gasteiger partial charge in [0.1, 0.15) is 11.9 Å². The Morgan fingerprint density at radius 2 is 1.66 bits per heavy atom. The second-order valence-electron chi connectivity index (χ2n) is 6.65. The predicted octanol–water partition coefficient (Wildman–Crippen LogP) is 3.96. The van der Waals surface area contributed by atoms with Crippen molar-refractivity contribution >= 4 is 0 Å². The van der Waals surface area contributed by atoms with E-state index in [1.165, 1.54) is 6.20 Å². The van der Waals surface area contributed by atoms with Crippen LogP contribution in [0.1, 0.15) is 26.6 Å². The number of nitrogens with zero attached hydrogens (tertiary/aromatic N) is 5. The van der Waals surface area contributed by atoms with E-state index in [0.717, 1.165) is 6.07 Å². The fourth-order valence-electron chi connectivity index (χ4n) is 2.85. The molecule has 0 N–H and O–H groups in total. The summed E-state index contributed by atoms with van der Waals surface area (Å²) in [7, 11) is 0. The molecule has 0 aromatic carbocycles. The molecule has 4 aromatic rings. The van der Waals surface area contributed by atoms with Crippen LogP contribution >= 0.6 is 0 Å². The van der Waals surface area contributed by atoms with Crippen molar-refractivity contribution in [3.05, 3.63) is 84.2 Å². The molecule has 0 amide bonds. The van der Waals surface area contributed by atoms with Crippen molar-refractivity contribution < 1.29 is 31.2 Å². The molecular formula is C21H15F2N5Pt. The van der Waals surface area contributed by atoms with Gasteiger partial charge in [-0.05, 0) is 43.6 Å². The van der Waals surface area contributed by atoms with E-state index in [9.17, 15) is 8.78 Å². The topological polar surface area (TPSA) is 65.7 Å². The van der Waals surface area contributed by atoms with Gasteiger partial charge >= 0.3 is 21.1 Å². The quantitative estimate of drug-likeness (QED) is 0.274. The monoisotopic (exact) mass is 571 g/mol. The number of halogens is 2. The molecule has 29 heavy (non-hydrogen) atoms. The first kappa shape index (κ1) is 19.5. The van der Waals surface area contributed by atoms with Gasteiger partial charge in [-0.3, -0.25) is 9.97 Å². The van der Waals surface area contributed by atoms with E-state index in [1.54, 1.807) is 18.2 Å². The van der Waals surface area contributed by atoms with Crippen molar-refractivity contribution in [2.45, 2.75) is 19.3 Å². The normalized spacial score (nSPS) is 11.7. The number of hydrogen-bond donors (Lipinski definition) is 0. The minimum absolute atomic E-state index is 0. The van der Waals surface area contributed by atoms with Gasteiger partial charge in [0, 0.05) is 11.1 Å². The molecule has 8 heteroatoms. The summed E-state index contributed by atoms with van der Waals surface area (Å²) in [6.07, 6.45) is 1.44. The molecule has 0 bridgehead atoms. The SMILES string of the molecule is [2H]c1c[n-]c(-c2cccc(C(C)(C)c3cccc(-c4[c-]cc(F)nc4F)n3)n2)n1.[Pt+2]. The van der Waals surface area contributed by atoms with E-state index in [-0.39, 0.29) is 32.8 Å². The molecule has 0 fully saturated rings. The Balaban J connectivity index is 0.00000256. The Kier molecular flexibility index (Phi) is 5.58. The molecule has 4 aromatic heterocycles. The maximum atomic E-state index is 14.1. The van der Waals surface area contributed by atoms with Gasteiger partial charge in [0.05, 0.1) is 12.8 Å². The van der Waals surface area contributed by atoms with E-state index in [2.05, 4.69) is 31.0 Å². The van der Waals surface area contributed by atoms with Crippen molar-refractivity contribution in [3.63, 3.8) is 0 Å². The fraction of sp³-hybridized carbons (Fsp3) is 0.143. The molecular weight excluding hydrogens is 555 g/mol. The van der Waals surface area contributed by atoms with Crippen molar-refractivity contribution in [2.24, 2.45) is 0 Å². The summed E-state index contributed by atoms with van der Waals surface area (Å²) >= 11 is 0. The molecule has 0 saturated carbocycles. The van der Waals surface area contributed by atoms with Crippen molar-refractivity contribution in [1.82, 2.24) is 24.9 Å². The van der Waals surface area contributed by atoms with Crippen LogP contribution in [-0.2, 0) is 26.5 Å². The van der Waals surface area contributed by atoms with Gasteiger partial charge in [-0.1, -0.05) is 42.2 Å². The molecule has 0 atom stereocenters. The maximum absolute atomic E-state index is 14.1. The second kappa shape index (κ2) is 8.29. The summed E-state index contributed by atoms with van der Waals surface area (Å²) < 4.78 is 34.7. The van der Waals surface area contributed by atoms with E-state index < -0.39 is 17.3 Å². The van der Waals surface area contributed by atoms with Crippen LogP contribution in [0.15, 0.2) is 54.8 Å². The minimum Gasteiger partial charge on any atom is -0.441 e. The van der Waals surface area contributed by atoms with Crippen molar-refractivity contribution in [1.29, 1.82) is 0 Å². The van der Waals surface area contributed by atoms with Gasteiger partial charge in [0.15, 0.2) is 0 Å². The van der Waals surface area contributed by atoms with Crippen LogP contribution < -0.4 is 4.98 Å². The average molecular weight is 571 g/mol. The van der Waals surface area contributed by atoms with Gasteiger partial charge in [-0.25, -0.2) is 8.78 Å². The molecule has 0 saturated heterocycles. The smallest absolute Gasteiger partial charge is 0.441 e. The molecule has 0 aliphatic carbocycles. The standard InChI is InChI=1S/C21H15F2N5.Pt/c1-21(2,17-8-4-6-15(27-17)20-24-11-12-25-20)16-7-3-5-14(26-16)13-9-10-18(22)28-19(13)23;/h3-8,10-12H,1-2H3;/q-2;+2/i11D;. The van der Waals surface area contributed by atoms with E-state index in [1.807, 2.05) is 32.0 Å². The summed E-state index contributed by atoms with van der Waals surface area (Å²) in [5, 5.41) is 0. The number of imidazole rings is 1. The summed E-state index contributed by atoms with van der Waals surface area (Å²) in [4.78, 5) is 20.5. The first-order valence-electron chi connectivity index (χ1n) is 9.00. The van der Waals surface area contributed by atoms with Gasteiger partial charge in [0.25, 0.3) is 0 Å². The van der Waals surface area contributed by atoms with Crippen LogP contribution in [0.3, 0.4) is 0 Å². The summed E-state index contributed by atoms with van der Waals surface area (Å²) in [6.45, 7) is 3.88. The summed E-state index contributed by atoms with van der Waals surface area (Å²) in [6, 6.07) is 14.2. The molecule has 4 heterocycles. The summed E-state index contributed by atoms with van der Waals surface area (Å²) in [5.74, 6) is -1.52. The molecule has 0 aliphatic heterocycles. The van der Waals surface area contributed by atoms with Crippen LogP contribution in [0.4, 0.5) is 8.78 Å². The van der Waals surface area contributed by atoms with Crippen molar-refractivity contribution in [2.75, 3.05) is 0 Å². The molecule has 148 valence electrons. The molecule has 5 nitrogen and oxygen atoms in total. The van der Waals surface area contributed by atoms with Crippen molar-refractivity contribution in [3.8, 4) is 22.8 Å². The zero-order valence-corrected chi connectivity index (χ0v) is 17.7. The molecule has 0 radical (unpaired) electrons. The number of aromatic nitrogens is 5. The number of hydrogen-bond acceptors (Lipinski definition) is 4. The largest absolute Gasteiger partial charge is 2.00 e. The first-order chi connectivity index (χ1) is 13.8. The maximum Gasteiger partial charge on any atom is 2.00 e. The van der Waals surface area contributed by atoms with Crippen LogP contribution in [0.25, 0.3) is 22.8 Å².